The number of aromatic nitrogens is 2. The molecule has 0 aliphatic carbocycles. The first-order chi connectivity index (χ1) is 13.0. The Balaban J connectivity index is 1.85. The van der Waals surface area contributed by atoms with Crippen molar-refractivity contribution in [2.75, 3.05) is 11.4 Å². The first-order valence-corrected chi connectivity index (χ1v) is 9.64. The molecule has 0 aliphatic heterocycles. The van der Waals surface area contributed by atoms with Gasteiger partial charge in [-0.2, -0.15) is 5.26 Å². The van der Waals surface area contributed by atoms with Crippen molar-refractivity contribution in [3.63, 3.8) is 0 Å². The molecule has 3 rings (SSSR count). The van der Waals surface area contributed by atoms with E-state index in [2.05, 4.69) is 16.0 Å². The van der Waals surface area contributed by atoms with Crippen molar-refractivity contribution in [3.05, 3.63) is 45.9 Å². The smallest absolute Gasteiger partial charge is 0.410 e. The topological polar surface area (TPSA) is 82.0 Å². The molecule has 0 unspecified atom stereocenters. The van der Waals surface area contributed by atoms with E-state index in [-0.39, 0.29) is 5.92 Å². The van der Waals surface area contributed by atoms with Gasteiger partial charge in [0.1, 0.15) is 16.4 Å². The zero-order valence-corrected chi connectivity index (χ0v) is 16.6. The number of fused-ring (bicyclic) bond motifs is 1. The Hall–Kier alpha value is -2.76. The van der Waals surface area contributed by atoms with Crippen molar-refractivity contribution in [1.82, 2.24) is 9.97 Å². The van der Waals surface area contributed by atoms with Crippen molar-refractivity contribution in [2.24, 2.45) is 5.92 Å². The van der Waals surface area contributed by atoms with Gasteiger partial charge in [-0.3, -0.25) is 4.90 Å². The van der Waals surface area contributed by atoms with Crippen LogP contribution in [-0.2, 0) is 6.42 Å². The van der Waals surface area contributed by atoms with E-state index in [9.17, 15) is 4.79 Å². The molecule has 27 heavy (non-hydrogen) atoms. The minimum atomic E-state index is -0.497. The number of carbonyl (C=O) groups excluding carboxylic acids is 1. The van der Waals surface area contributed by atoms with Gasteiger partial charge in [-0.05, 0) is 48.0 Å². The third-order valence-electron chi connectivity index (χ3n) is 3.73. The number of carbonyl (C=O) groups is 1. The van der Waals surface area contributed by atoms with Gasteiger partial charge in [-0.1, -0.05) is 37.3 Å². The monoisotopic (exact) mass is 398 g/mol. The van der Waals surface area contributed by atoms with Crippen LogP contribution in [0.3, 0.4) is 0 Å². The summed E-state index contributed by atoms with van der Waals surface area (Å²) in [6, 6.07) is 12.6. The second kappa shape index (κ2) is 8.29. The van der Waals surface area contributed by atoms with Crippen LogP contribution >= 0.6 is 23.6 Å². The summed E-state index contributed by atoms with van der Waals surface area (Å²) in [6.07, 6.45) is -0.178. The minimum Gasteiger partial charge on any atom is -0.410 e. The molecule has 0 bridgehead atoms. The van der Waals surface area contributed by atoms with Crippen LogP contribution in [0.25, 0.3) is 10.3 Å². The largest absolute Gasteiger partial charge is 0.420 e. The summed E-state index contributed by atoms with van der Waals surface area (Å²) < 4.78 is 6.16. The molecule has 2 aromatic heterocycles. The highest BCUT2D eigenvalue weighted by Gasteiger charge is 2.21. The number of ether oxygens (including phenoxy) is 1. The average Bonchev–Trinajstić information content (AvgIpc) is 3.00. The van der Waals surface area contributed by atoms with Gasteiger partial charge < -0.3 is 9.72 Å². The van der Waals surface area contributed by atoms with E-state index < -0.39 is 6.09 Å². The Bertz CT molecular complexity index is 1050. The molecule has 8 heteroatoms. The lowest BCUT2D eigenvalue weighted by Gasteiger charge is -2.23. The predicted octanol–water partition coefficient (Wildman–Crippen LogP) is 5.08. The zero-order chi connectivity index (χ0) is 19.4. The number of anilines is 1. The van der Waals surface area contributed by atoms with E-state index in [4.69, 9.17) is 22.2 Å². The van der Waals surface area contributed by atoms with Crippen LogP contribution in [-0.4, -0.2) is 22.6 Å². The predicted molar refractivity (Wildman–Crippen MR) is 109 cm³/mol. The van der Waals surface area contributed by atoms with Crippen LogP contribution in [0.15, 0.2) is 36.4 Å². The Morgan fingerprint density at radius 2 is 2.07 bits per heavy atom. The normalized spacial score (nSPS) is 10.7. The quantitative estimate of drug-likeness (QED) is 0.606. The molecule has 0 spiro atoms. The molecule has 0 fully saturated rings. The first kappa shape index (κ1) is 19.0. The average molecular weight is 399 g/mol. The molecule has 0 saturated carbocycles. The van der Waals surface area contributed by atoms with E-state index in [1.165, 1.54) is 16.2 Å². The number of nitriles is 1. The molecule has 0 saturated heterocycles. The van der Waals surface area contributed by atoms with Gasteiger partial charge in [0.25, 0.3) is 0 Å². The van der Waals surface area contributed by atoms with Gasteiger partial charge in [0.15, 0.2) is 3.95 Å². The van der Waals surface area contributed by atoms with Crippen LogP contribution in [0.4, 0.5) is 10.6 Å². The highest BCUT2D eigenvalue weighted by atomic mass is 32.1. The molecule has 138 valence electrons. The van der Waals surface area contributed by atoms with Gasteiger partial charge in [0, 0.05) is 6.54 Å². The maximum Gasteiger partial charge on any atom is 0.420 e. The number of hydrogen-bond acceptors (Lipinski definition) is 6. The summed E-state index contributed by atoms with van der Waals surface area (Å²) >= 11 is 6.52. The summed E-state index contributed by atoms with van der Waals surface area (Å²) in [5.74, 6) is 1.18. The first-order valence-electron chi connectivity index (χ1n) is 8.41. The van der Waals surface area contributed by atoms with Gasteiger partial charge in [0.05, 0.1) is 18.0 Å². The van der Waals surface area contributed by atoms with Crippen molar-refractivity contribution in [1.29, 1.82) is 5.26 Å². The lowest BCUT2D eigenvalue weighted by molar-refractivity contribution is 0.206. The van der Waals surface area contributed by atoms with E-state index in [0.717, 1.165) is 15.9 Å². The molecule has 2 heterocycles. The van der Waals surface area contributed by atoms with Gasteiger partial charge in [0.2, 0.25) is 0 Å². The second-order valence-electron chi connectivity index (χ2n) is 6.39. The number of H-pyrrole nitrogens is 1. The molecule has 1 aromatic carbocycles. The second-order valence-corrected chi connectivity index (χ2v) is 8.05. The molecule has 0 aliphatic rings. The van der Waals surface area contributed by atoms with Crippen molar-refractivity contribution in [3.8, 4) is 11.8 Å². The van der Waals surface area contributed by atoms with E-state index in [0.29, 0.717) is 28.5 Å². The van der Waals surface area contributed by atoms with Gasteiger partial charge in [-0.15, -0.1) is 0 Å². The molecular formula is C19H18N4O2S2. The summed E-state index contributed by atoms with van der Waals surface area (Å²) in [7, 11) is 0. The summed E-state index contributed by atoms with van der Waals surface area (Å²) in [4.78, 5) is 22.7. The van der Waals surface area contributed by atoms with E-state index in [1.54, 1.807) is 30.3 Å². The van der Waals surface area contributed by atoms with Crippen LogP contribution in [0.1, 0.15) is 19.4 Å². The molecule has 1 amide bonds. The fraction of sp³-hybridized carbons (Fsp3) is 0.263. The van der Waals surface area contributed by atoms with Crippen LogP contribution in [0.5, 0.6) is 5.75 Å². The fourth-order valence-corrected chi connectivity index (χ4v) is 3.58. The standard InChI is InChI=1S/C19H18N4O2S2/c1-12(2)11-23(16-8-7-15-17(22-16)27-18(26)21-15)19(24)25-14-5-3-13(4-6-14)9-10-20/h3-8,12H,9,11H2,1-2H3,(H,21,26). The Morgan fingerprint density at radius 3 is 2.74 bits per heavy atom. The van der Waals surface area contributed by atoms with Crippen LogP contribution < -0.4 is 9.64 Å². The van der Waals surface area contributed by atoms with Crippen molar-refractivity contribution >= 4 is 45.8 Å². The Kier molecular flexibility index (Phi) is 5.84. The third kappa shape index (κ3) is 4.70. The Morgan fingerprint density at radius 1 is 1.33 bits per heavy atom. The van der Waals surface area contributed by atoms with Gasteiger partial charge in [-0.25, -0.2) is 9.78 Å². The lowest BCUT2D eigenvalue weighted by Crippen LogP contribution is -2.37. The SMILES string of the molecule is CC(C)CN(C(=O)Oc1ccc(CC#N)cc1)c1ccc2[nH]c(=S)sc2n1. The van der Waals surface area contributed by atoms with Crippen molar-refractivity contribution < 1.29 is 9.53 Å². The number of rotatable bonds is 5. The molecular weight excluding hydrogens is 380 g/mol. The number of nitrogens with one attached hydrogen (secondary N) is 1. The number of pyridine rings is 1. The molecule has 1 N–H and O–H groups in total. The highest BCUT2D eigenvalue weighted by Crippen LogP contribution is 2.23. The fourth-order valence-electron chi connectivity index (χ4n) is 2.53. The molecule has 3 aromatic rings. The lowest BCUT2D eigenvalue weighted by atomic mass is 10.2. The number of benzene rings is 1. The number of aromatic amines is 1. The van der Waals surface area contributed by atoms with Crippen LogP contribution in [0.2, 0.25) is 0 Å². The third-order valence-corrected chi connectivity index (χ3v) is 4.87. The minimum absolute atomic E-state index is 0.234. The molecule has 0 atom stereocenters. The summed E-state index contributed by atoms with van der Waals surface area (Å²) in [5, 5.41) is 8.74. The number of amides is 1. The summed E-state index contributed by atoms with van der Waals surface area (Å²) in [6.45, 7) is 4.52. The highest BCUT2D eigenvalue weighted by molar-refractivity contribution is 7.73. The molecule has 0 radical (unpaired) electrons. The number of nitrogens with zero attached hydrogens (tertiary/aromatic N) is 3. The zero-order valence-electron chi connectivity index (χ0n) is 14.9. The Labute approximate surface area is 166 Å². The van der Waals surface area contributed by atoms with E-state index >= 15 is 0 Å². The number of hydrogen-bond donors (Lipinski definition) is 1. The van der Waals surface area contributed by atoms with Gasteiger partial charge >= 0.3 is 6.09 Å². The van der Waals surface area contributed by atoms with Crippen molar-refractivity contribution in [2.45, 2.75) is 20.3 Å². The van der Waals surface area contributed by atoms with E-state index in [1.807, 2.05) is 19.9 Å². The maximum atomic E-state index is 12.8. The summed E-state index contributed by atoms with van der Waals surface area (Å²) in [5.41, 5.74) is 1.72. The van der Waals surface area contributed by atoms with Crippen LogP contribution in [0, 0.1) is 21.2 Å². The molecule has 6 nitrogen and oxygen atoms in total. The maximum absolute atomic E-state index is 12.8. The number of thiazole rings is 1.